The van der Waals surface area contributed by atoms with Gasteiger partial charge in [0, 0.05) is 18.1 Å². The molecule has 1 aromatic heterocycles. The van der Waals surface area contributed by atoms with Gasteiger partial charge in [-0.2, -0.15) is 0 Å². The Labute approximate surface area is 150 Å². The molecule has 0 unspecified atom stereocenters. The van der Waals surface area contributed by atoms with Gasteiger partial charge in [0.2, 0.25) is 5.91 Å². The lowest BCUT2D eigenvalue weighted by Crippen LogP contribution is -2.43. The number of benzene rings is 1. The summed E-state index contributed by atoms with van der Waals surface area (Å²) in [7, 11) is 1.53. The van der Waals surface area contributed by atoms with Gasteiger partial charge in [0.05, 0.1) is 30.5 Å². The van der Waals surface area contributed by atoms with Gasteiger partial charge in [0.25, 0.3) is 5.91 Å². The second-order valence-corrected chi connectivity index (χ2v) is 6.37. The molecule has 7 heteroatoms. The van der Waals surface area contributed by atoms with Gasteiger partial charge < -0.3 is 19.4 Å². The second-order valence-electron chi connectivity index (χ2n) is 5.94. The van der Waals surface area contributed by atoms with E-state index in [2.05, 4.69) is 5.32 Å². The van der Waals surface area contributed by atoms with Crippen LogP contribution >= 0.6 is 11.6 Å². The number of methoxy groups -OCH3 is 1. The van der Waals surface area contributed by atoms with E-state index in [1.165, 1.54) is 19.6 Å². The summed E-state index contributed by atoms with van der Waals surface area (Å²) >= 11 is 6.00. The van der Waals surface area contributed by atoms with Gasteiger partial charge in [-0.15, -0.1) is 0 Å². The molecule has 1 fully saturated rings. The summed E-state index contributed by atoms with van der Waals surface area (Å²) in [4.78, 5) is 26.8. The Kier molecular flexibility index (Phi) is 5.28. The molecule has 132 valence electrons. The Hall–Kier alpha value is -2.47. The third kappa shape index (κ3) is 3.96. The van der Waals surface area contributed by atoms with Crippen LogP contribution in [0.5, 0.6) is 5.75 Å². The van der Waals surface area contributed by atoms with E-state index < -0.39 is 0 Å². The van der Waals surface area contributed by atoms with Crippen molar-refractivity contribution >= 4 is 29.1 Å². The average Bonchev–Trinajstić information content (AvgIpc) is 3.16. The highest BCUT2D eigenvalue weighted by Crippen LogP contribution is 2.29. The standard InChI is InChI=1S/C18H19ClN2O4/c1-24-16-5-4-14(19)9-15(16)20-17(22)12-3-2-7-21(10-12)18(23)13-6-8-25-11-13/h4-6,8-9,11-12H,2-3,7,10H2,1H3,(H,20,22)/t12-/m0/s1. The van der Waals surface area contributed by atoms with E-state index in [-0.39, 0.29) is 17.7 Å². The summed E-state index contributed by atoms with van der Waals surface area (Å²) in [6.45, 7) is 1.01. The van der Waals surface area contributed by atoms with Crippen LogP contribution in [0.25, 0.3) is 0 Å². The maximum Gasteiger partial charge on any atom is 0.257 e. The van der Waals surface area contributed by atoms with Crippen molar-refractivity contribution in [2.24, 2.45) is 5.92 Å². The molecule has 3 rings (SSSR count). The first kappa shape index (κ1) is 17.4. The minimum absolute atomic E-state index is 0.119. The highest BCUT2D eigenvalue weighted by Gasteiger charge is 2.29. The van der Waals surface area contributed by atoms with Crippen LogP contribution in [-0.2, 0) is 4.79 Å². The topological polar surface area (TPSA) is 71.8 Å². The summed E-state index contributed by atoms with van der Waals surface area (Å²) < 4.78 is 10.2. The molecule has 0 bridgehead atoms. The van der Waals surface area contributed by atoms with E-state index >= 15 is 0 Å². The van der Waals surface area contributed by atoms with Crippen LogP contribution in [0, 0.1) is 5.92 Å². The molecule has 0 saturated carbocycles. The number of nitrogens with one attached hydrogen (secondary N) is 1. The highest BCUT2D eigenvalue weighted by molar-refractivity contribution is 6.31. The van der Waals surface area contributed by atoms with Crippen LogP contribution < -0.4 is 10.1 Å². The Morgan fingerprint density at radius 1 is 1.36 bits per heavy atom. The molecule has 0 spiro atoms. The van der Waals surface area contributed by atoms with Gasteiger partial charge in [0.1, 0.15) is 12.0 Å². The molecule has 2 heterocycles. The van der Waals surface area contributed by atoms with E-state index in [9.17, 15) is 9.59 Å². The maximum absolute atomic E-state index is 12.6. The molecule has 1 saturated heterocycles. The zero-order chi connectivity index (χ0) is 17.8. The minimum atomic E-state index is -0.284. The van der Waals surface area contributed by atoms with Crippen molar-refractivity contribution in [2.75, 3.05) is 25.5 Å². The number of ether oxygens (including phenoxy) is 1. The number of nitrogens with zero attached hydrogens (tertiary/aromatic N) is 1. The Morgan fingerprint density at radius 2 is 2.20 bits per heavy atom. The predicted octanol–water partition coefficient (Wildman–Crippen LogP) is 3.43. The number of piperidine rings is 1. The first-order chi connectivity index (χ1) is 12.1. The molecule has 1 aliphatic heterocycles. The zero-order valence-electron chi connectivity index (χ0n) is 13.8. The van der Waals surface area contributed by atoms with Gasteiger partial charge >= 0.3 is 0 Å². The maximum atomic E-state index is 12.6. The SMILES string of the molecule is COc1ccc(Cl)cc1NC(=O)[C@H]1CCCN(C(=O)c2ccoc2)C1. The van der Waals surface area contributed by atoms with Gasteiger partial charge in [-0.1, -0.05) is 11.6 Å². The molecule has 2 aromatic rings. The first-order valence-corrected chi connectivity index (χ1v) is 8.42. The zero-order valence-corrected chi connectivity index (χ0v) is 14.6. The number of hydrogen-bond donors (Lipinski definition) is 1. The number of likely N-dealkylation sites (tertiary alicyclic amines) is 1. The van der Waals surface area contributed by atoms with Crippen molar-refractivity contribution in [3.8, 4) is 5.75 Å². The van der Waals surface area contributed by atoms with E-state index in [0.29, 0.717) is 35.1 Å². The van der Waals surface area contributed by atoms with Crippen LogP contribution in [-0.4, -0.2) is 36.9 Å². The van der Waals surface area contributed by atoms with Gasteiger partial charge in [-0.25, -0.2) is 0 Å². The fraction of sp³-hybridized carbons (Fsp3) is 0.333. The van der Waals surface area contributed by atoms with Crippen LogP contribution in [0.15, 0.2) is 41.2 Å². The highest BCUT2D eigenvalue weighted by atomic mass is 35.5. The Morgan fingerprint density at radius 3 is 2.92 bits per heavy atom. The summed E-state index contributed by atoms with van der Waals surface area (Å²) in [6.07, 6.45) is 4.38. The molecule has 1 atom stereocenters. The minimum Gasteiger partial charge on any atom is -0.495 e. The molecule has 25 heavy (non-hydrogen) atoms. The predicted molar refractivity (Wildman–Crippen MR) is 94.0 cm³/mol. The van der Waals surface area contributed by atoms with Crippen molar-refractivity contribution in [1.29, 1.82) is 0 Å². The van der Waals surface area contributed by atoms with Crippen molar-refractivity contribution < 1.29 is 18.7 Å². The van der Waals surface area contributed by atoms with E-state index in [1.807, 2.05) is 0 Å². The quantitative estimate of drug-likeness (QED) is 0.904. The van der Waals surface area contributed by atoms with Crippen LogP contribution in [0.4, 0.5) is 5.69 Å². The van der Waals surface area contributed by atoms with Crippen LogP contribution in [0.1, 0.15) is 23.2 Å². The van der Waals surface area contributed by atoms with Crippen molar-refractivity contribution in [1.82, 2.24) is 4.90 Å². The second kappa shape index (κ2) is 7.61. The monoisotopic (exact) mass is 362 g/mol. The van der Waals surface area contributed by atoms with Crippen molar-refractivity contribution in [3.63, 3.8) is 0 Å². The number of furan rings is 1. The van der Waals surface area contributed by atoms with E-state index in [0.717, 1.165) is 12.8 Å². The third-order valence-electron chi connectivity index (χ3n) is 4.27. The molecule has 1 N–H and O–H groups in total. The lowest BCUT2D eigenvalue weighted by atomic mass is 9.96. The number of carbonyl (C=O) groups excluding carboxylic acids is 2. The molecular formula is C18H19ClN2O4. The summed E-state index contributed by atoms with van der Waals surface area (Å²) in [6, 6.07) is 6.67. The fourth-order valence-corrected chi connectivity index (χ4v) is 3.13. The number of halogens is 1. The first-order valence-electron chi connectivity index (χ1n) is 8.04. The lowest BCUT2D eigenvalue weighted by molar-refractivity contribution is -0.121. The molecule has 0 aliphatic carbocycles. The Balaban J connectivity index is 1.68. The molecule has 6 nitrogen and oxygen atoms in total. The van der Waals surface area contributed by atoms with Gasteiger partial charge in [-0.3, -0.25) is 9.59 Å². The van der Waals surface area contributed by atoms with E-state index in [1.54, 1.807) is 29.2 Å². The molecular weight excluding hydrogens is 344 g/mol. The summed E-state index contributed by atoms with van der Waals surface area (Å²) in [5.74, 6) is -0.00924. The summed E-state index contributed by atoms with van der Waals surface area (Å²) in [5, 5.41) is 3.37. The van der Waals surface area contributed by atoms with Crippen LogP contribution in [0.3, 0.4) is 0 Å². The number of anilines is 1. The molecule has 2 amide bonds. The number of hydrogen-bond acceptors (Lipinski definition) is 4. The third-order valence-corrected chi connectivity index (χ3v) is 4.50. The normalized spacial score (nSPS) is 17.2. The van der Waals surface area contributed by atoms with Crippen molar-refractivity contribution in [3.05, 3.63) is 47.4 Å². The van der Waals surface area contributed by atoms with E-state index in [4.69, 9.17) is 20.8 Å². The molecule has 1 aromatic carbocycles. The van der Waals surface area contributed by atoms with Gasteiger partial charge in [0.15, 0.2) is 0 Å². The van der Waals surface area contributed by atoms with Crippen molar-refractivity contribution in [2.45, 2.75) is 12.8 Å². The average molecular weight is 363 g/mol. The molecule has 0 radical (unpaired) electrons. The smallest absolute Gasteiger partial charge is 0.257 e. The number of carbonyl (C=O) groups is 2. The van der Waals surface area contributed by atoms with Crippen LogP contribution in [0.2, 0.25) is 5.02 Å². The largest absolute Gasteiger partial charge is 0.495 e. The fourth-order valence-electron chi connectivity index (χ4n) is 2.96. The number of rotatable bonds is 4. The molecule has 1 aliphatic rings. The lowest BCUT2D eigenvalue weighted by Gasteiger charge is -2.31. The summed E-state index contributed by atoms with van der Waals surface area (Å²) in [5.41, 5.74) is 1.02. The Bertz CT molecular complexity index is 760. The number of amides is 2. The van der Waals surface area contributed by atoms with Gasteiger partial charge in [-0.05, 0) is 37.1 Å².